The van der Waals surface area contributed by atoms with Crippen LogP contribution in [-0.2, 0) is 4.79 Å². The second kappa shape index (κ2) is 5.52. The largest absolute Gasteiger partial charge is 0.481 e. The van der Waals surface area contributed by atoms with E-state index in [0.29, 0.717) is 23.0 Å². The van der Waals surface area contributed by atoms with Gasteiger partial charge >= 0.3 is 5.97 Å². The third-order valence-electron chi connectivity index (χ3n) is 4.12. The van der Waals surface area contributed by atoms with Crippen LogP contribution < -0.4 is 0 Å². The number of rotatable bonds is 3. The van der Waals surface area contributed by atoms with Crippen LogP contribution >= 0.6 is 15.9 Å². The van der Waals surface area contributed by atoms with E-state index in [4.69, 9.17) is 0 Å². The van der Waals surface area contributed by atoms with Crippen molar-refractivity contribution < 1.29 is 14.7 Å². The molecule has 0 aromatic carbocycles. The van der Waals surface area contributed by atoms with Crippen molar-refractivity contribution in [3.05, 3.63) is 28.5 Å². The molecule has 1 aliphatic heterocycles. The second-order valence-corrected chi connectivity index (χ2v) is 6.30. The van der Waals surface area contributed by atoms with Crippen molar-refractivity contribution in [2.24, 2.45) is 11.3 Å². The monoisotopic (exact) mass is 340 g/mol. The van der Waals surface area contributed by atoms with E-state index < -0.39 is 11.4 Å². The first-order chi connectivity index (χ1) is 9.38. The fourth-order valence-electron chi connectivity index (χ4n) is 2.62. The molecule has 1 unspecified atom stereocenters. The number of carboxylic acids is 1. The average molecular weight is 341 g/mol. The highest BCUT2D eigenvalue weighted by Crippen LogP contribution is 2.38. The Morgan fingerprint density at radius 3 is 2.70 bits per heavy atom. The molecule has 0 saturated carbocycles. The zero-order valence-electron chi connectivity index (χ0n) is 11.5. The van der Waals surface area contributed by atoms with E-state index in [2.05, 4.69) is 20.9 Å². The lowest BCUT2D eigenvalue weighted by molar-refractivity contribution is -0.150. The van der Waals surface area contributed by atoms with E-state index >= 15 is 0 Å². The number of aliphatic carboxylic acids is 1. The highest BCUT2D eigenvalue weighted by molar-refractivity contribution is 9.10. The summed E-state index contributed by atoms with van der Waals surface area (Å²) >= 11 is 3.30. The number of carbonyl (C=O) groups is 2. The Kier molecular flexibility index (Phi) is 4.13. The maximum Gasteiger partial charge on any atom is 0.311 e. The van der Waals surface area contributed by atoms with Crippen LogP contribution in [0.3, 0.4) is 0 Å². The number of halogens is 1. The van der Waals surface area contributed by atoms with Crippen LogP contribution in [0.4, 0.5) is 0 Å². The van der Waals surface area contributed by atoms with Crippen molar-refractivity contribution in [3.8, 4) is 0 Å². The quantitative estimate of drug-likeness (QED) is 0.917. The SMILES string of the molecule is CC(C)C1(C(=O)O)CCN(C(=O)c2ccncc2Br)C1. The molecule has 1 atom stereocenters. The summed E-state index contributed by atoms with van der Waals surface area (Å²) in [5, 5.41) is 9.50. The van der Waals surface area contributed by atoms with Crippen molar-refractivity contribution in [2.45, 2.75) is 20.3 Å². The number of likely N-dealkylation sites (tertiary alicyclic amines) is 1. The van der Waals surface area contributed by atoms with Gasteiger partial charge in [0.25, 0.3) is 5.91 Å². The predicted molar refractivity (Wildman–Crippen MR) is 77.4 cm³/mol. The summed E-state index contributed by atoms with van der Waals surface area (Å²) < 4.78 is 0.627. The molecule has 1 N–H and O–H groups in total. The molecule has 5 nitrogen and oxygen atoms in total. The van der Waals surface area contributed by atoms with Crippen LogP contribution in [0.15, 0.2) is 22.9 Å². The number of pyridine rings is 1. The van der Waals surface area contributed by atoms with Crippen LogP contribution in [-0.4, -0.2) is 40.0 Å². The molecule has 1 saturated heterocycles. The first-order valence-corrected chi connectivity index (χ1v) is 7.30. The van der Waals surface area contributed by atoms with Crippen LogP contribution in [0.2, 0.25) is 0 Å². The van der Waals surface area contributed by atoms with Gasteiger partial charge in [-0.3, -0.25) is 14.6 Å². The average Bonchev–Trinajstić information content (AvgIpc) is 2.85. The van der Waals surface area contributed by atoms with Gasteiger partial charge < -0.3 is 10.0 Å². The Bertz CT molecular complexity index is 547. The molecular formula is C14H17BrN2O3. The van der Waals surface area contributed by atoms with Gasteiger partial charge in [-0.25, -0.2) is 0 Å². The summed E-state index contributed by atoms with van der Waals surface area (Å²) in [6.07, 6.45) is 3.62. The smallest absolute Gasteiger partial charge is 0.311 e. The molecule has 20 heavy (non-hydrogen) atoms. The van der Waals surface area contributed by atoms with E-state index in [9.17, 15) is 14.7 Å². The number of hydrogen-bond acceptors (Lipinski definition) is 3. The highest BCUT2D eigenvalue weighted by atomic mass is 79.9. The highest BCUT2D eigenvalue weighted by Gasteiger charge is 2.48. The molecule has 1 amide bonds. The van der Waals surface area contributed by atoms with Gasteiger partial charge in [-0.05, 0) is 34.3 Å². The van der Waals surface area contributed by atoms with Gasteiger partial charge in [-0.1, -0.05) is 13.8 Å². The fraction of sp³-hybridized carbons (Fsp3) is 0.500. The van der Waals surface area contributed by atoms with Crippen molar-refractivity contribution >= 4 is 27.8 Å². The molecule has 1 fully saturated rings. The van der Waals surface area contributed by atoms with Gasteiger partial charge in [0.1, 0.15) is 0 Å². The molecule has 0 bridgehead atoms. The van der Waals surface area contributed by atoms with Crippen molar-refractivity contribution in [1.82, 2.24) is 9.88 Å². The molecule has 2 heterocycles. The van der Waals surface area contributed by atoms with Gasteiger partial charge in [0.15, 0.2) is 0 Å². The molecule has 1 aromatic rings. The minimum absolute atomic E-state index is 0.0151. The topological polar surface area (TPSA) is 70.5 Å². The van der Waals surface area contributed by atoms with Gasteiger partial charge in [-0.15, -0.1) is 0 Å². The van der Waals surface area contributed by atoms with E-state index in [1.165, 1.54) is 0 Å². The number of nitrogens with zero attached hydrogens (tertiary/aromatic N) is 2. The van der Waals surface area contributed by atoms with E-state index in [-0.39, 0.29) is 18.4 Å². The zero-order valence-corrected chi connectivity index (χ0v) is 13.1. The Morgan fingerprint density at radius 2 is 2.20 bits per heavy atom. The molecule has 0 aliphatic carbocycles. The zero-order chi connectivity index (χ0) is 14.9. The third kappa shape index (κ3) is 2.44. The minimum Gasteiger partial charge on any atom is -0.481 e. The van der Waals surface area contributed by atoms with Crippen LogP contribution in [0.25, 0.3) is 0 Å². The summed E-state index contributed by atoms with van der Waals surface area (Å²) in [5.41, 5.74) is -0.320. The molecule has 2 rings (SSSR count). The lowest BCUT2D eigenvalue weighted by Crippen LogP contribution is -2.40. The van der Waals surface area contributed by atoms with Crippen LogP contribution in [0.1, 0.15) is 30.6 Å². The van der Waals surface area contributed by atoms with E-state index in [0.717, 1.165) is 0 Å². The molecular weight excluding hydrogens is 324 g/mol. The molecule has 0 radical (unpaired) electrons. The van der Waals surface area contributed by atoms with Gasteiger partial charge in [-0.2, -0.15) is 0 Å². The normalized spacial score (nSPS) is 22.3. The summed E-state index contributed by atoms with van der Waals surface area (Å²) in [6, 6.07) is 1.64. The van der Waals surface area contributed by atoms with Crippen molar-refractivity contribution in [3.63, 3.8) is 0 Å². The van der Waals surface area contributed by atoms with Crippen LogP contribution in [0, 0.1) is 11.3 Å². The molecule has 1 aromatic heterocycles. The molecule has 0 spiro atoms. The minimum atomic E-state index is -0.838. The Balaban J connectivity index is 2.23. The number of hydrogen-bond donors (Lipinski definition) is 1. The number of amides is 1. The van der Waals surface area contributed by atoms with Gasteiger partial charge in [0, 0.05) is 30.0 Å². The van der Waals surface area contributed by atoms with E-state index in [1.807, 2.05) is 13.8 Å². The Morgan fingerprint density at radius 1 is 1.50 bits per heavy atom. The number of carbonyl (C=O) groups excluding carboxylic acids is 1. The standard InChI is InChI=1S/C14H17BrN2O3/c1-9(2)14(13(19)20)4-6-17(8-14)12(18)10-3-5-16-7-11(10)15/h3,5,7,9H,4,6,8H2,1-2H3,(H,19,20). The van der Waals surface area contributed by atoms with Crippen LogP contribution in [0.5, 0.6) is 0 Å². The summed E-state index contributed by atoms with van der Waals surface area (Å²) in [5.74, 6) is -0.988. The van der Waals surface area contributed by atoms with Gasteiger partial charge in [0.05, 0.1) is 11.0 Å². The maximum atomic E-state index is 12.5. The summed E-state index contributed by atoms with van der Waals surface area (Å²) in [7, 11) is 0. The number of carboxylic acid groups (broad SMARTS) is 1. The van der Waals surface area contributed by atoms with Gasteiger partial charge in [0.2, 0.25) is 0 Å². The summed E-state index contributed by atoms with van der Waals surface area (Å²) in [4.78, 5) is 29.6. The maximum absolute atomic E-state index is 12.5. The molecule has 6 heteroatoms. The van der Waals surface area contributed by atoms with Crippen molar-refractivity contribution in [2.75, 3.05) is 13.1 Å². The Hall–Kier alpha value is -1.43. The fourth-order valence-corrected chi connectivity index (χ4v) is 3.04. The lowest BCUT2D eigenvalue weighted by atomic mass is 9.76. The molecule has 1 aliphatic rings. The second-order valence-electron chi connectivity index (χ2n) is 5.45. The number of aromatic nitrogens is 1. The first-order valence-electron chi connectivity index (χ1n) is 6.50. The van der Waals surface area contributed by atoms with E-state index in [1.54, 1.807) is 23.4 Å². The first kappa shape index (κ1) is 15.0. The Labute approximate surface area is 126 Å². The lowest BCUT2D eigenvalue weighted by Gasteiger charge is -2.28. The predicted octanol–water partition coefficient (Wildman–Crippen LogP) is 2.42. The summed E-state index contributed by atoms with van der Waals surface area (Å²) in [6.45, 7) is 4.51. The molecule has 108 valence electrons. The van der Waals surface area contributed by atoms with Crippen molar-refractivity contribution in [1.29, 1.82) is 0 Å². The third-order valence-corrected chi connectivity index (χ3v) is 4.75.